The Morgan fingerprint density at radius 2 is 1.89 bits per heavy atom. The lowest BCUT2D eigenvalue weighted by Crippen LogP contribution is -2.13. The number of imidazole rings is 1. The molecule has 0 spiro atoms. The van der Waals surface area contributed by atoms with E-state index in [0.717, 1.165) is 11.3 Å². The van der Waals surface area contributed by atoms with Crippen molar-refractivity contribution in [3.63, 3.8) is 0 Å². The van der Waals surface area contributed by atoms with Crippen LogP contribution in [0.2, 0.25) is 5.02 Å². The van der Waals surface area contributed by atoms with Gasteiger partial charge in [-0.05, 0) is 43.7 Å². The number of nitrogens with one attached hydrogen (secondary N) is 1. The summed E-state index contributed by atoms with van der Waals surface area (Å²) in [7, 11) is 0. The fraction of sp³-hybridized carbons (Fsp3) is 0.150. The second-order valence-electron chi connectivity index (χ2n) is 6.52. The fourth-order valence-corrected chi connectivity index (χ4v) is 3.21. The van der Waals surface area contributed by atoms with Gasteiger partial charge in [0.15, 0.2) is 0 Å². The van der Waals surface area contributed by atoms with Gasteiger partial charge < -0.3 is 9.72 Å². The molecular weight excluding hydrogens is 381 g/mol. The van der Waals surface area contributed by atoms with Gasteiger partial charge in [-0.1, -0.05) is 23.7 Å². The van der Waals surface area contributed by atoms with Crippen molar-refractivity contribution < 1.29 is 9.18 Å². The SMILES string of the molecule is Cc1nn(Cc2ccc(F)cc2)c(C)c1NC(=O)c1cn2cc(Cl)ccc2n1. The van der Waals surface area contributed by atoms with Crippen molar-refractivity contribution in [1.82, 2.24) is 19.2 Å². The number of carbonyl (C=O) groups is 1. The van der Waals surface area contributed by atoms with Gasteiger partial charge in [0, 0.05) is 12.4 Å². The van der Waals surface area contributed by atoms with Crippen molar-refractivity contribution in [3.8, 4) is 0 Å². The summed E-state index contributed by atoms with van der Waals surface area (Å²) in [6.45, 7) is 4.19. The molecule has 0 saturated heterocycles. The molecule has 1 amide bonds. The number of amides is 1. The maximum atomic E-state index is 13.1. The molecule has 0 aliphatic rings. The second-order valence-corrected chi connectivity index (χ2v) is 6.96. The zero-order chi connectivity index (χ0) is 19.8. The van der Waals surface area contributed by atoms with Crippen LogP contribution < -0.4 is 5.32 Å². The van der Waals surface area contributed by atoms with Crippen LogP contribution >= 0.6 is 11.6 Å². The van der Waals surface area contributed by atoms with Gasteiger partial charge in [0.1, 0.15) is 17.2 Å². The molecule has 28 heavy (non-hydrogen) atoms. The molecule has 4 aromatic rings. The van der Waals surface area contributed by atoms with Crippen LogP contribution in [-0.4, -0.2) is 25.1 Å². The second kappa shape index (κ2) is 7.09. The number of anilines is 1. The van der Waals surface area contributed by atoms with Gasteiger partial charge in [-0.2, -0.15) is 5.10 Å². The van der Waals surface area contributed by atoms with E-state index in [9.17, 15) is 9.18 Å². The molecule has 0 saturated carbocycles. The van der Waals surface area contributed by atoms with Crippen LogP contribution in [0.3, 0.4) is 0 Å². The number of halogens is 2. The largest absolute Gasteiger partial charge is 0.317 e. The zero-order valence-corrected chi connectivity index (χ0v) is 16.0. The molecule has 8 heteroatoms. The Balaban J connectivity index is 1.57. The molecule has 1 N–H and O–H groups in total. The van der Waals surface area contributed by atoms with E-state index in [1.807, 2.05) is 13.8 Å². The first-order chi connectivity index (χ1) is 13.4. The van der Waals surface area contributed by atoms with E-state index in [2.05, 4.69) is 15.4 Å². The predicted octanol–water partition coefficient (Wildman–Crippen LogP) is 4.24. The van der Waals surface area contributed by atoms with Gasteiger partial charge >= 0.3 is 0 Å². The van der Waals surface area contributed by atoms with Crippen molar-refractivity contribution in [2.75, 3.05) is 5.32 Å². The van der Waals surface area contributed by atoms with E-state index in [1.165, 1.54) is 12.1 Å². The van der Waals surface area contributed by atoms with E-state index < -0.39 is 0 Å². The number of carbonyl (C=O) groups excluding carboxylic acids is 1. The minimum Gasteiger partial charge on any atom is -0.317 e. The van der Waals surface area contributed by atoms with Gasteiger partial charge in [-0.15, -0.1) is 0 Å². The van der Waals surface area contributed by atoms with Gasteiger partial charge in [-0.25, -0.2) is 9.37 Å². The van der Waals surface area contributed by atoms with E-state index in [1.54, 1.807) is 45.7 Å². The van der Waals surface area contributed by atoms with Crippen LogP contribution in [0.5, 0.6) is 0 Å². The molecule has 0 radical (unpaired) electrons. The third kappa shape index (κ3) is 3.48. The van der Waals surface area contributed by atoms with Crippen LogP contribution in [-0.2, 0) is 6.54 Å². The standard InChI is InChI=1S/C20H17ClFN5O/c1-12-19(13(2)27(25-12)9-14-3-6-16(22)7-4-14)24-20(28)17-11-26-10-15(21)5-8-18(26)23-17/h3-8,10-11H,9H2,1-2H3,(H,24,28). The highest BCUT2D eigenvalue weighted by Gasteiger charge is 2.17. The molecule has 0 atom stereocenters. The molecule has 0 aliphatic carbocycles. The first-order valence-corrected chi connectivity index (χ1v) is 9.02. The molecular formula is C20H17ClFN5O. The number of nitrogens with zero attached hydrogens (tertiary/aromatic N) is 4. The third-order valence-electron chi connectivity index (χ3n) is 4.51. The van der Waals surface area contributed by atoms with Crippen LogP contribution in [0.4, 0.5) is 10.1 Å². The molecule has 0 fully saturated rings. The summed E-state index contributed by atoms with van der Waals surface area (Å²) < 4.78 is 16.6. The summed E-state index contributed by atoms with van der Waals surface area (Å²) in [4.78, 5) is 17.0. The monoisotopic (exact) mass is 397 g/mol. The number of aryl methyl sites for hydroxylation is 1. The number of rotatable bonds is 4. The maximum absolute atomic E-state index is 13.1. The van der Waals surface area contributed by atoms with Gasteiger partial charge in [0.05, 0.1) is 28.6 Å². The highest BCUT2D eigenvalue weighted by atomic mass is 35.5. The molecule has 0 aliphatic heterocycles. The quantitative estimate of drug-likeness (QED) is 0.560. The smallest absolute Gasteiger partial charge is 0.275 e. The van der Waals surface area contributed by atoms with Gasteiger partial charge in [-0.3, -0.25) is 9.48 Å². The molecule has 3 heterocycles. The average Bonchev–Trinajstić information content (AvgIpc) is 3.19. The van der Waals surface area contributed by atoms with Crippen LogP contribution in [0.25, 0.3) is 5.65 Å². The average molecular weight is 398 g/mol. The predicted molar refractivity (Wildman–Crippen MR) is 105 cm³/mol. The number of pyridine rings is 1. The summed E-state index contributed by atoms with van der Waals surface area (Å²) in [5.74, 6) is -0.605. The van der Waals surface area contributed by atoms with Gasteiger partial charge in [0.25, 0.3) is 5.91 Å². The molecule has 3 aromatic heterocycles. The van der Waals surface area contributed by atoms with Gasteiger partial charge in [0.2, 0.25) is 0 Å². The topological polar surface area (TPSA) is 64.2 Å². The van der Waals surface area contributed by atoms with Crippen molar-refractivity contribution in [3.05, 3.63) is 82.3 Å². The lowest BCUT2D eigenvalue weighted by atomic mass is 10.2. The molecule has 0 unspecified atom stereocenters. The molecule has 142 valence electrons. The van der Waals surface area contributed by atoms with Crippen LogP contribution in [0.15, 0.2) is 48.8 Å². The molecule has 0 bridgehead atoms. The highest BCUT2D eigenvalue weighted by Crippen LogP contribution is 2.22. The van der Waals surface area contributed by atoms with E-state index in [0.29, 0.717) is 28.6 Å². The zero-order valence-electron chi connectivity index (χ0n) is 15.3. The minimum atomic E-state index is -0.327. The molecule has 6 nitrogen and oxygen atoms in total. The Morgan fingerprint density at radius 3 is 2.64 bits per heavy atom. The van der Waals surface area contributed by atoms with Crippen LogP contribution in [0, 0.1) is 19.7 Å². The van der Waals surface area contributed by atoms with E-state index >= 15 is 0 Å². The third-order valence-corrected chi connectivity index (χ3v) is 4.74. The summed E-state index contributed by atoms with van der Waals surface area (Å²) in [5.41, 5.74) is 3.98. The summed E-state index contributed by atoms with van der Waals surface area (Å²) in [6, 6.07) is 9.73. The van der Waals surface area contributed by atoms with E-state index in [-0.39, 0.29) is 17.4 Å². The number of fused-ring (bicyclic) bond motifs is 1. The normalized spacial score (nSPS) is 11.1. The highest BCUT2D eigenvalue weighted by molar-refractivity contribution is 6.30. The van der Waals surface area contributed by atoms with Crippen molar-refractivity contribution in [1.29, 1.82) is 0 Å². The fourth-order valence-electron chi connectivity index (χ4n) is 3.05. The summed E-state index contributed by atoms with van der Waals surface area (Å²) >= 11 is 5.98. The van der Waals surface area contributed by atoms with Crippen molar-refractivity contribution in [2.45, 2.75) is 20.4 Å². The lowest BCUT2D eigenvalue weighted by molar-refractivity contribution is 0.102. The Labute approximate surface area is 165 Å². The van der Waals surface area contributed by atoms with E-state index in [4.69, 9.17) is 11.6 Å². The van der Waals surface area contributed by atoms with Crippen LogP contribution in [0.1, 0.15) is 27.4 Å². The Kier molecular flexibility index (Phi) is 4.60. The Morgan fingerprint density at radius 1 is 1.14 bits per heavy atom. The van der Waals surface area contributed by atoms with Crippen molar-refractivity contribution >= 4 is 28.8 Å². The first kappa shape index (κ1) is 18.2. The minimum absolute atomic E-state index is 0.279. The number of hydrogen-bond donors (Lipinski definition) is 1. The lowest BCUT2D eigenvalue weighted by Gasteiger charge is -2.06. The number of benzene rings is 1. The molecule has 1 aromatic carbocycles. The summed E-state index contributed by atoms with van der Waals surface area (Å²) in [6.07, 6.45) is 3.32. The maximum Gasteiger partial charge on any atom is 0.275 e. The molecule has 4 rings (SSSR count). The van der Waals surface area contributed by atoms with Crippen molar-refractivity contribution in [2.24, 2.45) is 0 Å². The summed E-state index contributed by atoms with van der Waals surface area (Å²) in [5, 5.41) is 7.95. The number of hydrogen-bond acceptors (Lipinski definition) is 3. The first-order valence-electron chi connectivity index (χ1n) is 8.65. The Hall–Kier alpha value is -3.19. The Bertz CT molecular complexity index is 1180. The number of aromatic nitrogens is 4.